The average molecular weight is 419 g/mol. The number of ether oxygens (including phenoxy) is 2. The number of para-hydroxylation sites is 1. The molecular weight excluding hydrogens is 376 g/mol. The molecule has 0 saturated heterocycles. The molecule has 0 aliphatic rings. The van der Waals surface area contributed by atoms with Gasteiger partial charge < -0.3 is 9.47 Å². The summed E-state index contributed by atoms with van der Waals surface area (Å²) in [6.45, 7) is 6.48. The Morgan fingerprint density at radius 3 is 1.77 bits per heavy atom. The standard InChI is InChI=1S/C26H42O4/c1-4-7-10-12-14-20-24(27)29-23-19-16-18-22(17-9-6-3)26(23)30-25(28)21-15-13-11-8-5-2/h16,18-19H,4-15,17,20-21H2,1-3H3. The maximum absolute atomic E-state index is 12.4. The third-order valence-electron chi connectivity index (χ3n) is 5.27. The largest absolute Gasteiger partial charge is 0.423 e. The molecule has 0 heterocycles. The van der Waals surface area contributed by atoms with Crippen LogP contribution in [0.1, 0.15) is 116 Å². The van der Waals surface area contributed by atoms with Gasteiger partial charge in [0.1, 0.15) is 0 Å². The number of rotatable bonds is 17. The number of carbonyl (C=O) groups is 2. The number of hydrogen-bond acceptors (Lipinski definition) is 4. The van der Waals surface area contributed by atoms with Crippen LogP contribution in [-0.4, -0.2) is 11.9 Å². The highest BCUT2D eigenvalue weighted by molar-refractivity contribution is 5.76. The first kappa shape index (κ1) is 26.2. The Morgan fingerprint density at radius 1 is 0.667 bits per heavy atom. The summed E-state index contributed by atoms with van der Waals surface area (Å²) < 4.78 is 11.3. The normalized spacial score (nSPS) is 10.8. The number of hydrogen-bond donors (Lipinski definition) is 0. The van der Waals surface area contributed by atoms with Crippen LogP contribution in [0, 0.1) is 0 Å². The van der Waals surface area contributed by atoms with E-state index in [1.54, 1.807) is 6.07 Å². The van der Waals surface area contributed by atoms with Crippen molar-refractivity contribution in [3.05, 3.63) is 23.8 Å². The Morgan fingerprint density at radius 2 is 1.20 bits per heavy atom. The summed E-state index contributed by atoms with van der Waals surface area (Å²) >= 11 is 0. The monoisotopic (exact) mass is 418 g/mol. The first-order valence-corrected chi connectivity index (χ1v) is 12.2. The Kier molecular flexibility index (Phi) is 14.8. The van der Waals surface area contributed by atoms with Crippen LogP contribution in [0.3, 0.4) is 0 Å². The molecule has 0 N–H and O–H groups in total. The maximum Gasteiger partial charge on any atom is 0.311 e. The lowest BCUT2D eigenvalue weighted by Gasteiger charge is -2.15. The molecule has 0 radical (unpaired) electrons. The van der Waals surface area contributed by atoms with Crippen molar-refractivity contribution < 1.29 is 19.1 Å². The first-order valence-electron chi connectivity index (χ1n) is 12.2. The van der Waals surface area contributed by atoms with Gasteiger partial charge in [0.25, 0.3) is 0 Å². The molecule has 4 heteroatoms. The highest BCUT2D eigenvalue weighted by Crippen LogP contribution is 2.33. The molecule has 0 unspecified atom stereocenters. The molecule has 0 bridgehead atoms. The molecule has 30 heavy (non-hydrogen) atoms. The molecule has 0 aromatic heterocycles. The zero-order chi connectivity index (χ0) is 22.0. The van der Waals surface area contributed by atoms with Crippen LogP contribution in [-0.2, 0) is 16.0 Å². The zero-order valence-electron chi connectivity index (χ0n) is 19.5. The fourth-order valence-electron chi connectivity index (χ4n) is 3.41. The molecule has 0 aliphatic carbocycles. The van der Waals surface area contributed by atoms with E-state index in [1.165, 1.54) is 25.7 Å². The molecule has 1 rings (SSSR count). The van der Waals surface area contributed by atoms with E-state index in [-0.39, 0.29) is 11.9 Å². The van der Waals surface area contributed by atoms with Crippen molar-refractivity contribution in [1.29, 1.82) is 0 Å². The number of unbranched alkanes of at least 4 members (excludes halogenated alkanes) is 9. The van der Waals surface area contributed by atoms with E-state index in [0.29, 0.717) is 24.3 Å². The van der Waals surface area contributed by atoms with Gasteiger partial charge in [0.2, 0.25) is 0 Å². The van der Waals surface area contributed by atoms with E-state index in [4.69, 9.17) is 9.47 Å². The van der Waals surface area contributed by atoms with E-state index in [1.807, 2.05) is 12.1 Å². The third-order valence-corrected chi connectivity index (χ3v) is 5.27. The van der Waals surface area contributed by atoms with Crippen molar-refractivity contribution in [2.24, 2.45) is 0 Å². The summed E-state index contributed by atoms with van der Waals surface area (Å²) in [7, 11) is 0. The average Bonchev–Trinajstić information content (AvgIpc) is 2.73. The van der Waals surface area contributed by atoms with Crippen molar-refractivity contribution in [3.8, 4) is 11.5 Å². The van der Waals surface area contributed by atoms with Crippen LogP contribution in [0.25, 0.3) is 0 Å². The minimum absolute atomic E-state index is 0.243. The lowest BCUT2D eigenvalue weighted by Crippen LogP contribution is -2.13. The fourth-order valence-corrected chi connectivity index (χ4v) is 3.41. The fraction of sp³-hybridized carbons (Fsp3) is 0.692. The lowest BCUT2D eigenvalue weighted by atomic mass is 10.1. The molecule has 0 saturated carbocycles. The summed E-state index contributed by atoms with van der Waals surface area (Å²) in [5, 5.41) is 0. The first-order chi connectivity index (χ1) is 14.6. The van der Waals surface area contributed by atoms with E-state index in [0.717, 1.165) is 63.4 Å². The van der Waals surface area contributed by atoms with Crippen LogP contribution >= 0.6 is 0 Å². The van der Waals surface area contributed by atoms with Crippen LogP contribution in [0.15, 0.2) is 18.2 Å². The maximum atomic E-state index is 12.4. The SMILES string of the molecule is CCCCCCCC(=O)Oc1cccc(CCCC)c1OC(=O)CCCCCCC. The topological polar surface area (TPSA) is 52.6 Å². The summed E-state index contributed by atoms with van der Waals surface area (Å²) in [6, 6.07) is 5.56. The molecule has 0 aliphatic heterocycles. The highest BCUT2D eigenvalue weighted by atomic mass is 16.6. The van der Waals surface area contributed by atoms with Gasteiger partial charge in [-0.1, -0.05) is 90.7 Å². The molecule has 0 amide bonds. The lowest BCUT2D eigenvalue weighted by molar-refractivity contribution is -0.137. The second-order valence-corrected chi connectivity index (χ2v) is 8.12. The van der Waals surface area contributed by atoms with Crippen LogP contribution in [0.4, 0.5) is 0 Å². The van der Waals surface area contributed by atoms with Gasteiger partial charge in [-0.15, -0.1) is 0 Å². The minimum Gasteiger partial charge on any atom is -0.423 e. The van der Waals surface area contributed by atoms with Crippen LogP contribution in [0.5, 0.6) is 11.5 Å². The van der Waals surface area contributed by atoms with Crippen LogP contribution in [0.2, 0.25) is 0 Å². The quantitative estimate of drug-likeness (QED) is 0.149. The number of esters is 2. The van der Waals surface area contributed by atoms with Gasteiger partial charge in [-0.2, -0.15) is 0 Å². The Balaban J connectivity index is 2.70. The number of benzene rings is 1. The number of carbonyl (C=O) groups excluding carboxylic acids is 2. The van der Waals surface area contributed by atoms with E-state index < -0.39 is 0 Å². The zero-order valence-corrected chi connectivity index (χ0v) is 19.5. The molecule has 1 aromatic carbocycles. The predicted molar refractivity (Wildman–Crippen MR) is 123 cm³/mol. The summed E-state index contributed by atoms with van der Waals surface area (Å²) in [5.41, 5.74) is 0.935. The summed E-state index contributed by atoms with van der Waals surface area (Å²) in [6.07, 6.45) is 14.5. The Labute approximate surface area is 183 Å². The smallest absolute Gasteiger partial charge is 0.311 e. The van der Waals surface area contributed by atoms with E-state index in [9.17, 15) is 9.59 Å². The van der Waals surface area contributed by atoms with E-state index in [2.05, 4.69) is 20.8 Å². The van der Waals surface area contributed by atoms with Crippen molar-refractivity contribution in [2.75, 3.05) is 0 Å². The molecule has 0 fully saturated rings. The van der Waals surface area contributed by atoms with Gasteiger partial charge >= 0.3 is 11.9 Å². The summed E-state index contributed by atoms with van der Waals surface area (Å²) in [5.74, 6) is 0.314. The number of aryl methyl sites for hydroxylation is 1. The predicted octanol–water partition coefficient (Wildman–Crippen LogP) is 7.56. The Bertz CT molecular complexity index is 609. The second kappa shape index (κ2) is 16.9. The Hall–Kier alpha value is -1.84. The van der Waals surface area contributed by atoms with Gasteiger partial charge in [-0.3, -0.25) is 9.59 Å². The molecule has 1 aromatic rings. The molecule has 0 atom stereocenters. The van der Waals surface area contributed by atoms with Crippen molar-refractivity contribution >= 4 is 11.9 Å². The molecular formula is C26H42O4. The van der Waals surface area contributed by atoms with Gasteiger partial charge in [-0.25, -0.2) is 0 Å². The molecule has 0 spiro atoms. The van der Waals surface area contributed by atoms with Crippen molar-refractivity contribution in [1.82, 2.24) is 0 Å². The summed E-state index contributed by atoms with van der Waals surface area (Å²) in [4.78, 5) is 24.7. The van der Waals surface area contributed by atoms with Crippen LogP contribution < -0.4 is 9.47 Å². The highest BCUT2D eigenvalue weighted by Gasteiger charge is 2.17. The van der Waals surface area contributed by atoms with Gasteiger partial charge in [-0.05, 0) is 37.3 Å². The minimum atomic E-state index is -0.254. The van der Waals surface area contributed by atoms with Gasteiger partial charge in [0.15, 0.2) is 11.5 Å². The van der Waals surface area contributed by atoms with Gasteiger partial charge in [0, 0.05) is 12.8 Å². The second-order valence-electron chi connectivity index (χ2n) is 8.12. The van der Waals surface area contributed by atoms with Gasteiger partial charge in [0.05, 0.1) is 0 Å². The molecule has 170 valence electrons. The molecule has 4 nitrogen and oxygen atoms in total. The van der Waals surface area contributed by atoms with Crippen molar-refractivity contribution in [3.63, 3.8) is 0 Å². The van der Waals surface area contributed by atoms with Crippen molar-refractivity contribution in [2.45, 2.75) is 117 Å². The third kappa shape index (κ3) is 11.4. The van der Waals surface area contributed by atoms with E-state index >= 15 is 0 Å².